The molecule has 0 bridgehead atoms. The first-order chi connectivity index (χ1) is 15.7. The molecule has 2 heterocycles. The van der Waals surface area contributed by atoms with Gasteiger partial charge in [-0.1, -0.05) is 30.4 Å². The number of nitrogens with zero attached hydrogens (tertiary/aromatic N) is 1. The fourth-order valence-corrected chi connectivity index (χ4v) is 6.30. The molecule has 33 heavy (non-hydrogen) atoms. The average Bonchev–Trinajstić information content (AvgIpc) is 2.76. The molecule has 174 valence electrons. The summed E-state index contributed by atoms with van der Waals surface area (Å²) in [5.41, 5.74) is 7.31. The van der Waals surface area contributed by atoms with Crippen LogP contribution < -0.4 is 14.8 Å². The number of nitrogens with one attached hydrogen (secondary N) is 1. The van der Waals surface area contributed by atoms with E-state index in [1.807, 2.05) is 12.1 Å². The van der Waals surface area contributed by atoms with Gasteiger partial charge in [-0.2, -0.15) is 0 Å². The third-order valence-corrected chi connectivity index (χ3v) is 7.35. The number of methoxy groups -OCH3 is 1. The van der Waals surface area contributed by atoms with Gasteiger partial charge in [0.1, 0.15) is 17.6 Å². The lowest BCUT2D eigenvalue weighted by Crippen LogP contribution is -2.43. The van der Waals surface area contributed by atoms with Crippen LogP contribution in [0, 0.1) is 5.41 Å². The summed E-state index contributed by atoms with van der Waals surface area (Å²) in [6.07, 6.45) is 10.2. The Morgan fingerprint density at radius 1 is 1.12 bits per heavy atom. The summed E-state index contributed by atoms with van der Waals surface area (Å²) in [5, 5.41) is 3.76. The monoisotopic (exact) mass is 444 g/mol. The first-order valence-corrected chi connectivity index (χ1v) is 12.0. The number of anilines is 1. The van der Waals surface area contributed by atoms with Gasteiger partial charge in [0.2, 0.25) is 0 Å². The third-order valence-electron chi connectivity index (χ3n) is 7.35. The van der Waals surface area contributed by atoms with Crippen molar-refractivity contribution in [1.82, 2.24) is 4.90 Å². The van der Waals surface area contributed by atoms with Crippen molar-refractivity contribution < 1.29 is 9.47 Å². The van der Waals surface area contributed by atoms with E-state index < -0.39 is 0 Å². The fourth-order valence-electron chi connectivity index (χ4n) is 6.30. The molecule has 0 amide bonds. The van der Waals surface area contributed by atoms with Crippen LogP contribution in [0.2, 0.25) is 0 Å². The maximum atomic E-state index is 7.02. The first-order valence-electron chi connectivity index (χ1n) is 12.0. The summed E-state index contributed by atoms with van der Waals surface area (Å²) in [4.78, 5) is 2.32. The zero-order valence-electron chi connectivity index (χ0n) is 20.8. The SMILES string of the molecule is COc1cccc2c1-c1ccc3c(c1[C@H](C1(CN(C)C)CC=CCC1)O2)C(C)=CC(C)(C)N3. The minimum atomic E-state index is -0.0825. The second kappa shape index (κ2) is 7.95. The van der Waals surface area contributed by atoms with Crippen molar-refractivity contribution >= 4 is 11.3 Å². The van der Waals surface area contributed by atoms with Gasteiger partial charge in [0.05, 0.1) is 18.2 Å². The van der Waals surface area contributed by atoms with Crippen molar-refractivity contribution in [2.24, 2.45) is 5.41 Å². The minimum absolute atomic E-state index is 0.00383. The molecule has 0 saturated heterocycles. The van der Waals surface area contributed by atoms with Crippen LogP contribution in [0.1, 0.15) is 57.3 Å². The molecule has 5 rings (SSSR count). The van der Waals surface area contributed by atoms with Crippen molar-refractivity contribution in [3.8, 4) is 22.6 Å². The largest absolute Gasteiger partial charge is 0.496 e. The molecule has 1 unspecified atom stereocenters. The Hall–Kier alpha value is -2.72. The van der Waals surface area contributed by atoms with Crippen LogP contribution in [0.5, 0.6) is 11.5 Å². The summed E-state index contributed by atoms with van der Waals surface area (Å²) in [7, 11) is 6.10. The Morgan fingerprint density at radius 2 is 1.94 bits per heavy atom. The van der Waals surface area contributed by atoms with Gasteiger partial charge in [-0.3, -0.25) is 0 Å². The highest BCUT2D eigenvalue weighted by Crippen LogP contribution is 2.58. The summed E-state index contributed by atoms with van der Waals surface area (Å²) < 4.78 is 12.8. The van der Waals surface area contributed by atoms with E-state index in [1.165, 1.54) is 28.0 Å². The van der Waals surface area contributed by atoms with Crippen molar-refractivity contribution in [2.75, 3.05) is 33.1 Å². The van der Waals surface area contributed by atoms with Gasteiger partial charge in [0, 0.05) is 28.8 Å². The summed E-state index contributed by atoms with van der Waals surface area (Å²) >= 11 is 0. The van der Waals surface area contributed by atoms with E-state index in [-0.39, 0.29) is 17.1 Å². The van der Waals surface area contributed by atoms with Gasteiger partial charge in [-0.15, -0.1) is 0 Å². The minimum Gasteiger partial charge on any atom is -0.496 e. The Kier molecular flexibility index (Phi) is 5.32. The molecule has 2 aromatic rings. The molecule has 1 aliphatic carbocycles. The van der Waals surface area contributed by atoms with E-state index in [1.54, 1.807) is 7.11 Å². The molecular weight excluding hydrogens is 408 g/mol. The van der Waals surface area contributed by atoms with E-state index >= 15 is 0 Å². The Bertz CT molecular complexity index is 1140. The van der Waals surface area contributed by atoms with E-state index in [0.29, 0.717) is 0 Å². The Morgan fingerprint density at radius 3 is 2.64 bits per heavy atom. The van der Waals surface area contributed by atoms with Gasteiger partial charge in [-0.05, 0) is 83.5 Å². The fraction of sp³-hybridized carbons (Fsp3) is 0.448. The van der Waals surface area contributed by atoms with E-state index in [4.69, 9.17) is 9.47 Å². The Labute approximate surface area is 198 Å². The molecule has 0 saturated carbocycles. The zero-order chi connectivity index (χ0) is 23.4. The normalized spacial score (nSPS) is 24.7. The third kappa shape index (κ3) is 3.65. The Balaban J connectivity index is 1.80. The molecular formula is C29H36N2O2. The number of hydrogen-bond acceptors (Lipinski definition) is 4. The molecule has 3 aliphatic rings. The first kappa shape index (κ1) is 22.1. The van der Waals surface area contributed by atoms with Crippen LogP contribution in [-0.4, -0.2) is 38.2 Å². The number of benzene rings is 2. The number of fused-ring (bicyclic) bond motifs is 5. The molecule has 0 radical (unpaired) electrons. The zero-order valence-corrected chi connectivity index (χ0v) is 20.8. The summed E-state index contributed by atoms with van der Waals surface area (Å²) in [5.74, 6) is 1.79. The van der Waals surface area contributed by atoms with Crippen LogP contribution in [0.4, 0.5) is 5.69 Å². The molecule has 2 aromatic carbocycles. The number of rotatable bonds is 4. The number of ether oxygens (including phenoxy) is 2. The molecule has 4 nitrogen and oxygen atoms in total. The molecule has 0 spiro atoms. The molecule has 0 fully saturated rings. The maximum Gasteiger partial charge on any atom is 0.132 e. The number of allylic oxidation sites excluding steroid dienone is 3. The standard InChI is InChI=1S/C29H36N2O2/c1-19-17-28(2,3)30-21-14-13-20-25-22(32-6)11-10-12-23(25)33-27(26(20)24(19)21)29(18-31(4)5)15-8-7-9-16-29/h7-8,10-14,17,27,30H,9,15-16,18H2,1-6H3/t27-,29?/m1/s1. The lowest BCUT2D eigenvalue weighted by Gasteiger charge is -2.47. The quantitative estimate of drug-likeness (QED) is 0.533. The number of hydrogen-bond donors (Lipinski definition) is 1. The second-order valence-electron chi connectivity index (χ2n) is 10.8. The van der Waals surface area contributed by atoms with Gasteiger partial charge in [0.25, 0.3) is 0 Å². The van der Waals surface area contributed by atoms with Gasteiger partial charge in [-0.25, -0.2) is 0 Å². The van der Waals surface area contributed by atoms with E-state index in [9.17, 15) is 0 Å². The molecule has 2 atom stereocenters. The van der Waals surface area contributed by atoms with Crippen molar-refractivity contribution in [2.45, 2.75) is 51.7 Å². The summed E-state index contributed by atoms with van der Waals surface area (Å²) in [6, 6.07) is 10.7. The van der Waals surface area contributed by atoms with Crippen LogP contribution in [-0.2, 0) is 0 Å². The molecule has 1 N–H and O–H groups in total. The van der Waals surface area contributed by atoms with Crippen LogP contribution >= 0.6 is 0 Å². The lowest BCUT2D eigenvalue weighted by molar-refractivity contribution is 0.0133. The maximum absolute atomic E-state index is 7.02. The van der Waals surface area contributed by atoms with E-state index in [0.717, 1.165) is 42.9 Å². The van der Waals surface area contributed by atoms with Crippen LogP contribution in [0.15, 0.2) is 48.6 Å². The van der Waals surface area contributed by atoms with Gasteiger partial charge in [0.15, 0.2) is 0 Å². The molecule has 4 heteroatoms. The predicted molar refractivity (Wildman–Crippen MR) is 137 cm³/mol. The van der Waals surface area contributed by atoms with Crippen LogP contribution in [0.25, 0.3) is 16.7 Å². The van der Waals surface area contributed by atoms with Crippen LogP contribution in [0.3, 0.4) is 0 Å². The second-order valence-corrected chi connectivity index (χ2v) is 10.8. The van der Waals surface area contributed by atoms with Crippen molar-refractivity contribution in [1.29, 1.82) is 0 Å². The lowest BCUT2D eigenvalue weighted by atomic mass is 9.66. The van der Waals surface area contributed by atoms with Gasteiger partial charge >= 0.3 is 0 Å². The van der Waals surface area contributed by atoms with E-state index in [2.05, 4.69) is 81.5 Å². The highest BCUT2D eigenvalue weighted by Gasteiger charge is 2.47. The highest BCUT2D eigenvalue weighted by molar-refractivity contribution is 5.91. The molecule has 0 aromatic heterocycles. The smallest absolute Gasteiger partial charge is 0.132 e. The van der Waals surface area contributed by atoms with Gasteiger partial charge < -0.3 is 19.7 Å². The van der Waals surface area contributed by atoms with Crippen molar-refractivity contribution in [3.05, 3.63) is 59.7 Å². The predicted octanol–water partition coefficient (Wildman–Crippen LogP) is 6.69. The van der Waals surface area contributed by atoms with Crippen molar-refractivity contribution in [3.63, 3.8) is 0 Å². The topological polar surface area (TPSA) is 33.7 Å². The molecule has 2 aliphatic heterocycles. The summed E-state index contributed by atoms with van der Waals surface area (Å²) in [6.45, 7) is 7.68. The average molecular weight is 445 g/mol. The highest BCUT2D eigenvalue weighted by atomic mass is 16.5.